The van der Waals surface area contributed by atoms with E-state index in [1.807, 2.05) is 12.1 Å². The van der Waals surface area contributed by atoms with Gasteiger partial charge in [0, 0.05) is 44.3 Å². The number of benzene rings is 9. The van der Waals surface area contributed by atoms with Crippen LogP contribution in [0.25, 0.3) is 82.8 Å². The van der Waals surface area contributed by atoms with Crippen LogP contribution in [0, 0.1) is 0 Å². The zero-order chi connectivity index (χ0) is 37.7. The predicted molar refractivity (Wildman–Crippen MR) is 239 cm³/mol. The van der Waals surface area contributed by atoms with Crippen molar-refractivity contribution in [1.82, 2.24) is 4.57 Å². The molecule has 0 spiro atoms. The van der Waals surface area contributed by atoms with Crippen LogP contribution in [-0.2, 0) is 0 Å². The number of aromatic nitrogens is 1. The normalized spacial score (nSPS) is 11.5. The van der Waals surface area contributed by atoms with Gasteiger partial charge in [0.05, 0.1) is 11.0 Å². The molecule has 3 nitrogen and oxygen atoms in total. The molecule has 0 atom stereocenters. The van der Waals surface area contributed by atoms with E-state index in [1.54, 1.807) is 0 Å². The van der Waals surface area contributed by atoms with Gasteiger partial charge in [0.25, 0.3) is 0 Å². The summed E-state index contributed by atoms with van der Waals surface area (Å²) < 4.78 is 8.59. The minimum atomic E-state index is 0.906. The van der Waals surface area contributed by atoms with E-state index in [9.17, 15) is 0 Å². The van der Waals surface area contributed by atoms with Crippen LogP contribution in [0.5, 0.6) is 0 Å². The molecule has 0 aliphatic heterocycles. The third-order valence-electron chi connectivity index (χ3n) is 11.2. The minimum absolute atomic E-state index is 0.906. The molecule has 0 radical (unpaired) electrons. The summed E-state index contributed by atoms with van der Waals surface area (Å²) in [6.07, 6.45) is 0. The van der Waals surface area contributed by atoms with Gasteiger partial charge in [0.2, 0.25) is 0 Å². The number of nitrogens with zero attached hydrogens (tertiary/aromatic N) is 2. The number of para-hydroxylation sites is 3. The molecule has 0 unspecified atom stereocenters. The van der Waals surface area contributed by atoms with Gasteiger partial charge in [-0.2, -0.15) is 0 Å². The SMILES string of the molecule is c1ccc(-c2cccc(N(c3ccc(-c4cccc(-c5cccc6oc7ccccc7c56)c4)cc3)c3ccc(-n4c5ccccc5c5ccccc54)cc3)c2)cc1. The number of fused-ring (bicyclic) bond motifs is 6. The van der Waals surface area contributed by atoms with Crippen LogP contribution in [0.2, 0.25) is 0 Å². The number of furan rings is 1. The van der Waals surface area contributed by atoms with Crippen molar-refractivity contribution in [2.45, 2.75) is 0 Å². The summed E-state index contributed by atoms with van der Waals surface area (Å²) in [5.74, 6) is 0. The van der Waals surface area contributed by atoms with Crippen molar-refractivity contribution >= 4 is 60.8 Å². The standard InChI is InChI=1S/C54H36N2O/c1-2-13-37(14-3-1)40-16-11-18-45(36-40)55(43-31-33-44(34-32-43)56-50-23-7-4-19-47(50)48-20-5-8-24-51(48)56)42-29-27-38(28-30-42)39-15-10-17-41(35-39)46-22-12-26-53-54(46)49-21-6-9-25-52(49)57-53/h1-36H. The van der Waals surface area contributed by atoms with Crippen molar-refractivity contribution in [2.75, 3.05) is 4.90 Å². The first-order valence-electron chi connectivity index (χ1n) is 19.4. The van der Waals surface area contributed by atoms with Crippen molar-refractivity contribution in [3.8, 4) is 39.1 Å². The molecule has 0 N–H and O–H groups in total. The fraction of sp³-hybridized carbons (Fsp3) is 0. The zero-order valence-electron chi connectivity index (χ0n) is 31.1. The van der Waals surface area contributed by atoms with E-state index in [0.29, 0.717) is 0 Å². The smallest absolute Gasteiger partial charge is 0.136 e. The lowest BCUT2D eigenvalue weighted by molar-refractivity contribution is 0.669. The number of hydrogen-bond acceptors (Lipinski definition) is 2. The Kier molecular flexibility index (Phi) is 7.82. The van der Waals surface area contributed by atoms with E-state index < -0.39 is 0 Å². The molecule has 11 rings (SSSR count). The Morgan fingerprint density at radius 2 is 0.860 bits per heavy atom. The summed E-state index contributed by atoms with van der Waals surface area (Å²) in [4.78, 5) is 2.35. The average Bonchev–Trinajstić information content (AvgIpc) is 3.84. The fourth-order valence-corrected chi connectivity index (χ4v) is 8.54. The van der Waals surface area contributed by atoms with Crippen molar-refractivity contribution in [3.63, 3.8) is 0 Å². The lowest BCUT2D eigenvalue weighted by atomic mass is 9.96. The Hall–Kier alpha value is -7.62. The average molecular weight is 729 g/mol. The van der Waals surface area contributed by atoms with Crippen LogP contribution >= 0.6 is 0 Å². The third-order valence-corrected chi connectivity index (χ3v) is 11.2. The van der Waals surface area contributed by atoms with E-state index in [-0.39, 0.29) is 0 Å². The monoisotopic (exact) mass is 728 g/mol. The van der Waals surface area contributed by atoms with E-state index >= 15 is 0 Å². The van der Waals surface area contributed by atoms with E-state index in [2.05, 4.69) is 216 Å². The van der Waals surface area contributed by atoms with Crippen LogP contribution in [0.4, 0.5) is 17.1 Å². The van der Waals surface area contributed by atoms with Crippen LogP contribution in [0.15, 0.2) is 223 Å². The Balaban J connectivity index is 0.994. The maximum atomic E-state index is 6.22. The first kappa shape index (κ1) is 32.8. The highest BCUT2D eigenvalue weighted by atomic mass is 16.3. The Morgan fingerprint density at radius 1 is 0.333 bits per heavy atom. The molecule has 0 bridgehead atoms. The fourth-order valence-electron chi connectivity index (χ4n) is 8.54. The van der Waals surface area contributed by atoms with Gasteiger partial charge in [-0.05, 0) is 112 Å². The van der Waals surface area contributed by atoms with Gasteiger partial charge in [-0.1, -0.05) is 140 Å². The Morgan fingerprint density at radius 3 is 1.60 bits per heavy atom. The maximum Gasteiger partial charge on any atom is 0.136 e. The molecule has 268 valence electrons. The molecule has 0 saturated carbocycles. The van der Waals surface area contributed by atoms with Crippen molar-refractivity contribution in [3.05, 3.63) is 218 Å². The number of anilines is 3. The Bertz CT molecular complexity index is 3170. The number of rotatable bonds is 7. The first-order chi connectivity index (χ1) is 28.3. The zero-order valence-corrected chi connectivity index (χ0v) is 31.1. The molecule has 0 aliphatic carbocycles. The molecule has 0 saturated heterocycles. The summed E-state index contributed by atoms with van der Waals surface area (Å²) in [5, 5.41) is 4.80. The van der Waals surface area contributed by atoms with Gasteiger partial charge in [-0.25, -0.2) is 0 Å². The molecule has 3 heteroatoms. The van der Waals surface area contributed by atoms with Gasteiger partial charge < -0.3 is 13.9 Å². The summed E-state index contributed by atoms with van der Waals surface area (Å²) in [6, 6.07) is 78.1. The van der Waals surface area contributed by atoms with Gasteiger partial charge in [0.15, 0.2) is 0 Å². The molecule has 2 aromatic heterocycles. The minimum Gasteiger partial charge on any atom is -0.456 e. The summed E-state index contributed by atoms with van der Waals surface area (Å²) in [5.41, 5.74) is 15.6. The second-order valence-electron chi connectivity index (χ2n) is 14.5. The van der Waals surface area contributed by atoms with Crippen molar-refractivity contribution in [1.29, 1.82) is 0 Å². The van der Waals surface area contributed by atoms with Gasteiger partial charge in [0.1, 0.15) is 11.2 Å². The van der Waals surface area contributed by atoms with Crippen LogP contribution < -0.4 is 4.90 Å². The third kappa shape index (κ3) is 5.68. The van der Waals surface area contributed by atoms with Crippen LogP contribution in [0.1, 0.15) is 0 Å². The second kappa shape index (κ2) is 13.6. The lowest BCUT2D eigenvalue weighted by Gasteiger charge is -2.26. The first-order valence-corrected chi connectivity index (χ1v) is 19.4. The summed E-state index contributed by atoms with van der Waals surface area (Å²) in [6.45, 7) is 0. The predicted octanol–water partition coefficient (Wildman–Crippen LogP) is 15.2. The summed E-state index contributed by atoms with van der Waals surface area (Å²) >= 11 is 0. The van der Waals surface area contributed by atoms with Crippen LogP contribution in [-0.4, -0.2) is 4.57 Å². The highest BCUT2D eigenvalue weighted by Crippen LogP contribution is 2.41. The van der Waals surface area contributed by atoms with Crippen molar-refractivity contribution in [2.24, 2.45) is 0 Å². The van der Waals surface area contributed by atoms with Crippen LogP contribution in [0.3, 0.4) is 0 Å². The molecule has 57 heavy (non-hydrogen) atoms. The van der Waals surface area contributed by atoms with E-state index in [4.69, 9.17) is 4.42 Å². The highest BCUT2D eigenvalue weighted by Gasteiger charge is 2.17. The molecule has 0 amide bonds. The van der Waals surface area contributed by atoms with E-state index in [0.717, 1.165) is 61.4 Å². The summed E-state index contributed by atoms with van der Waals surface area (Å²) in [7, 11) is 0. The van der Waals surface area contributed by atoms with Gasteiger partial charge in [-0.15, -0.1) is 0 Å². The molecule has 11 aromatic rings. The van der Waals surface area contributed by atoms with E-state index in [1.165, 1.54) is 38.5 Å². The quantitative estimate of drug-likeness (QED) is 0.163. The molecular weight excluding hydrogens is 693 g/mol. The van der Waals surface area contributed by atoms with Crippen molar-refractivity contribution < 1.29 is 4.42 Å². The van der Waals surface area contributed by atoms with Gasteiger partial charge in [-0.3, -0.25) is 0 Å². The van der Waals surface area contributed by atoms with Gasteiger partial charge >= 0.3 is 0 Å². The lowest BCUT2D eigenvalue weighted by Crippen LogP contribution is -2.10. The largest absolute Gasteiger partial charge is 0.456 e. The highest BCUT2D eigenvalue weighted by molar-refractivity contribution is 6.12. The molecule has 0 aliphatic rings. The molecule has 9 aromatic carbocycles. The Labute approximate surface area is 330 Å². The second-order valence-corrected chi connectivity index (χ2v) is 14.5. The molecule has 0 fully saturated rings. The molecular formula is C54H36N2O. The topological polar surface area (TPSA) is 21.3 Å². The number of hydrogen-bond donors (Lipinski definition) is 0. The maximum absolute atomic E-state index is 6.22. The molecule has 2 heterocycles.